The molecular formula is C18H21N3O6S. The van der Waals surface area contributed by atoms with Crippen LogP contribution in [0.5, 0.6) is 5.75 Å². The highest BCUT2D eigenvalue weighted by Crippen LogP contribution is 2.21. The second-order valence-corrected chi connectivity index (χ2v) is 8.15. The first-order valence-electron chi connectivity index (χ1n) is 8.13. The van der Waals surface area contributed by atoms with E-state index in [4.69, 9.17) is 16.0 Å². The average Bonchev–Trinajstić information content (AvgIpc) is 2.64. The summed E-state index contributed by atoms with van der Waals surface area (Å²) in [6.07, 6.45) is -1.04. The number of aliphatic hydroxyl groups is 2. The van der Waals surface area contributed by atoms with Crippen molar-refractivity contribution in [1.82, 2.24) is 5.06 Å². The van der Waals surface area contributed by atoms with Crippen LogP contribution in [0.15, 0.2) is 53.4 Å². The zero-order valence-electron chi connectivity index (χ0n) is 15.2. The van der Waals surface area contributed by atoms with Crippen LogP contribution in [0, 0.1) is 5.41 Å². The maximum Gasteiger partial charge on any atom is 0.294 e. The van der Waals surface area contributed by atoms with Crippen LogP contribution in [0.2, 0.25) is 0 Å². The molecule has 9 nitrogen and oxygen atoms in total. The van der Waals surface area contributed by atoms with Gasteiger partial charge in [-0.1, -0.05) is 18.2 Å². The standard InChI is InChI=1S/C18H21N3O6S/c1-11(22)16(23)12-6-8-14(9-7-12)27-21(18(19)20)17(24)13-4-3-5-15(10-13)28(2,25)26/h3-11,16,22-23H,1-2H3,(H3,19,20)/t11-,16+/m0/s1. The Labute approximate surface area is 162 Å². The number of sulfone groups is 1. The summed E-state index contributed by atoms with van der Waals surface area (Å²) in [6, 6.07) is 11.1. The van der Waals surface area contributed by atoms with Gasteiger partial charge in [0, 0.05) is 11.8 Å². The van der Waals surface area contributed by atoms with Crippen LogP contribution >= 0.6 is 0 Å². The van der Waals surface area contributed by atoms with Gasteiger partial charge in [-0.25, -0.2) is 8.42 Å². The lowest BCUT2D eigenvalue weighted by molar-refractivity contribution is 0.0150. The van der Waals surface area contributed by atoms with Crippen LogP contribution in [0.3, 0.4) is 0 Å². The quantitative estimate of drug-likeness (QED) is 0.314. The minimum atomic E-state index is -3.52. The number of amides is 1. The molecule has 0 saturated carbocycles. The van der Waals surface area contributed by atoms with Gasteiger partial charge < -0.3 is 20.8 Å². The molecule has 0 saturated heterocycles. The maximum atomic E-state index is 12.6. The van der Waals surface area contributed by atoms with Crippen LogP contribution in [0.25, 0.3) is 0 Å². The second-order valence-electron chi connectivity index (χ2n) is 6.13. The highest BCUT2D eigenvalue weighted by molar-refractivity contribution is 7.90. The Hall–Kier alpha value is -2.95. The zero-order valence-corrected chi connectivity index (χ0v) is 16.1. The Kier molecular flexibility index (Phi) is 6.39. The maximum absolute atomic E-state index is 12.6. The van der Waals surface area contributed by atoms with Gasteiger partial charge in [-0.15, -0.1) is 5.06 Å². The number of nitrogens with zero attached hydrogens (tertiary/aromatic N) is 1. The predicted molar refractivity (Wildman–Crippen MR) is 101 cm³/mol. The van der Waals surface area contributed by atoms with Gasteiger partial charge in [0.25, 0.3) is 5.91 Å². The van der Waals surface area contributed by atoms with Gasteiger partial charge in [-0.05, 0) is 42.8 Å². The van der Waals surface area contributed by atoms with E-state index in [1.165, 1.54) is 55.5 Å². The van der Waals surface area contributed by atoms with Crippen LogP contribution in [-0.4, -0.2) is 47.9 Å². The average molecular weight is 407 g/mol. The van der Waals surface area contributed by atoms with E-state index in [9.17, 15) is 23.4 Å². The van der Waals surface area contributed by atoms with Gasteiger partial charge in [0.2, 0.25) is 5.96 Å². The minimum absolute atomic E-state index is 0.0285. The fourth-order valence-corrected chi connectivity index (χ4v) is 2.95. The summed E-state index contributed by atoms with van der Waals surface area (Å²) in [5.74, 6) is -1.39. The summed E-state index contributed by atoms with van der Waals surface area (Å²) in [5.41, 5.74) is 5.84. The molecule has 150 valence electrons. The summed E-state index contributed by atoms with van der Waals surface area (Å²) in [5, 5.41) is 27.4. The molecule has 1 amide bonds. The van der Waals surface area contributed by atoms with Gasteiger partial charge in [-0.3, -0.25) is 10.2 Å². The number of hydrogen-bond acceptors (Lipinski definition) is 7. The van der Waals surface area contributed by atoms with Gasteiger partial charge in [0.15, 0.2) is 15.6 Å². The Morgan fingerprint density at radius 1 is 1.18 bits per heavy atom. The van der Waals surface area contributed by atoms with Crippen molar-refractivity contribution in [3.8, 4) is 5.75 Å². The topological polar surface area (TPSA) is 154 Å². The van der Waals surface area contributed by atoms with Crippen LogP contribution in [0.1, 0.15) is 28.9 Å². The normalized spacial score (nSPS) is 13.4. The van der Waals surface area contributed by atoms with Crippen molar-refractivity contribution in [1.29, 1.82) is 5.41 Å². The molecular weight excluding hydrogens is 386 g/mol. The van der Waals surface area contributed by atoms with Gasteiger partial charge in [-0.2, -0.15) is 0 Å². The molecule has 0 fully saturated rings. The lowest BCUT2D eigenvalue weighted by Crippen LogP contribution is -2.43. The molecule has 2 atom stereocenters. The van der Waals surface area contributed by atoms with E-state index in [0.717, 1.165) is 6.26 Å². The molecule has 28 heavy (non-hydrogen) atoms. The van der Waals surface area contributed by atoms with E-state index in [1.54, 1.807) is 0 Å². The van der Waals surface area contributed by atoms with E-state index >= 15 is 0 Å². The Morgan fingerprint density at radius 2 is 1.79 bits per heavy atom. The van der Waals surface area contributed by atoms with Crippen LogP contribution in [0.4, 0.5) is 0 Å². The third-order valence-corrected chi connectivity index (χ3v) is 4.90. The number of carbonyl (C=O) groups is 1. The minimum Gasteiger partial charge on any atom is -0.390 e. The molecule has 0 heterocycles. The summed E-state index contributed by atoms with van der Waals surface area (Å²) in [4.78, 5) is 17.9. The molecule has 2 rings (SSSR count). The molecule has 0 unspecified atom stereocenters. The number of aliphatic hydroxyl groups excluding tert-OH is 2. The first kappa shape index (κ1) is 21.4. The van der Waals surface area contributed by atoms with E-state index in [2.05, 4.69) is 0 Å². The monoisotopic (exact) mass is 407 g/mol. The first-order valence-corrected chi connectivity index (χ1v) is 10.0. The number of guanidine groups is 1. The van der Waals surface area contributed by atoms with E-state index in [1.807, 2.05) is 0 Å². The van der Waals surface area contributed by atoms with Gasteiger partial charge in [0.1, 0.15) is 6.10 Å². The number of benzene rings is 2. The summed E-state index contributed by atoms with van der Waals surface area (Å²) >= 11 is 0. The molecule has 0 bridgehead atoms. The smallest absolute Gasteiger partial charge is 0.294 e. The lowest BCUT2D eigenvalue weighted by Gasteiger charge is -2.21. The molecule has 5 N–H and O–H groups in total. The molecule has 2 aromatic carbocycles. The van der Waals surface area contributed by atoms with Crippen molar-refractivity contribution in [2.24, 2.45) is 5.73 Å². The Morgan fingerprint density at radius 3 is 2.29 bits per heavy atom. The molecule has 0 aliphatic rings. The second kappa shape index (κ2) is 8.38. The summed E-state index contributed by atoms with van der Waals surface area (Å²) < 4.78 is 23.4. The van der Waals surface area contributed by atoms with Crippen molar-refractivity contribution >= 4 is 21.7 Å². The van der Waals surface area contributed by atoms with E-state index in [-0.39, 0.29) is 16.2 Å². The van der Waals surface area contributed by atoms with Crippen molar-refractivity contribution in [3.63, 3.8) is 0 Å². The number of rotatable bonds is 6. The van der Waals surface area contributed by atoms with Crippen molar-refractivity contribution in [2.45, 2.75) is 24.0 Å². The molecule has 0 radical (unpaired) electrons. The lowest BCUT2D eigenvalue weighted by atomic mass is 10.1. The highest BCUT2D eigenvalue weighted by Gasteiger charge is 2.23. The number of nitrogens with one attached hydrogen (secondary N) is 1. The number of hydrogen-bond donors (Lipinski definition) is 4. The van der Waals surface area contributed by atoms with Crippen molar-refractivity contribution in [2.75, 3.05) is 6.26 Å². The highest BCUT2D eigenvalue weighted by atomic mass is 32.2. The summed E-state index contributed by atoms with van der Waals surface area (Å²) in [7, 11) is -3.52. The molecule has 0 spiro atoms. The number of hydroxylamine groups is 2. The fraction of sp³-hybridized carbons (Fsp3) is 0.222. The molecule has 0 aliphatic heterocycles. The first-order chi connectivity index (χ1) is 13.0. The van der Waals surface area contributed by atoms with Crippen LogP contribution < -0.4 is 10.6 Å². The van der Waals surface area contributed by atoms with Crippen molar-refractivity contribution < 1.29 is 28.3 Å². The summed E-state index contributed by atoms with van der Waals surface area (Å²) in [6.45, 7) is 1.44. The zero-order chi connectivity index (χ0) is 21.1. The van der Waals surface area contributed by atoms with E-state index in [0.29, 0.717) is 10.6 Å². The van der Waals surface area contributed by atoms with Crippen LogP contribution in [-0.2, 0) is 9.84 Å². The SMILES string of the molecule is C[C@H](O)[C@@H](O)c1ccc(ON(C(=N)N)C(=O)c2cccc(S(C)(=O)=O)c2)cc1. The number of nitrogens with two attached hydrogens (primary N) is 1. The third kappa shape index (κ3) is 5.06. The molecule has 2 aromatic rings. The molecule has 10 heteroatoms. The van der Waals surface area contributed by atoms with Gasteiger partial charge >= 0.3 is 0 Å². The van der Waals surface area contributed by atoms with E-state index < -0.39 is 33.9 Å². The molecule has 0 aromatic heterocycles. The van der Waals surface area contributed by atoms with Crippen molar-refractivity contribution in [3.05, 3.63) is 59.7 Å². The fourth-order valence-electron chi connectivity index (χ4n) is 2.29. The predicted octanol–water partition coefficient (Wildman–Crippen LogP) is 0.834. The van der Waals surface area contributed by atoms with Gasteiger partial charge in [0.05, 0.1) is 11.0 Å². The Bertz CT molecular complexity index is 973. The number of carbonyl (C=O) groups excluding carboxylic acids is 1. The molecule has 0 aliphatic carbocycles. The Balaban J connectivity index is 2.27. The third-order valence-electron chi connectivity index (χ3n) is 3.79. The largest absolute Gasteiger partial charge is 0.390 e.